The Morgan fingerprint density at radius 1 is 1.50 bits per heavy atom. The first-order valence-corrected chi connectivity index (χ1v) is 4.59. The number of aromatic carboxylic acids is 1. The minimum absolute atomic E-state index is 0.178. The molecule has 1 rings (SSSR count). The second kappa shape index (κ2) is 3.44. The van der Waals surface area contributed by atoms with E-state index in [2.05, 4.69) is 4.98 Å². The Bertz CT molecular complexity index is 347. The number of oxazole rings is 1. The number of carboxylic acids is 1. The highest BCUT2D eigenvalue weighted by Gasteiger charge is 2.25. The zero-order chi connectivity index (χ0) is 10.9. The van der Waals surface area contributed by atoms with Gasteiger partial charge in [-0.2, -0.15) is 0 Å². The molecule has 0 saturated heterocycles. The zero-order valence-corrected chi connectivity index (χ0v) is 8.92. The Kier molecular flexibility index (Phi) is 2.64. The third-order valence-electron chi connectivity index (χ3n) is 1.91. The Morgan fingerprint density at radius 2 is 2.07 bits per heavy atom. The number of aromatic nitrogens is 1. The van der Waals surface area contributed by atoms with E-state index in [4.69, 9.17) is 9.52 Å². The Morgan fingerprint density at radius 3 is 2.36 bits per heavy atom. The van der Waals surface area contributed by atoms with Crippen LogP contribution in [-0.2, 0) is 11.8 Å². The maximum Gasteiger partial charge on any atom is 0.392 e. The Balaban J connectivity index is 3.22. The van der Waals surface area contributed by atoms with Crippen LogP contribution in [0.15, 0.2) is 4.42 Å². The predicted octanol–water partition coefficient (Wildman–Crippen LogP) is 2.23. The monoisotopic (exact) mass is 197 g/mol. The van der Waals surface area contributed by atoms with Crippen molar-refractivity contribution in [1.29, 1.82) is 0 Å². The number of carbonyl (C=O) groups is 1. The first kappa shape index (κ1) is 10.8. The lowest BCUT2D eigenvalue weighted by Crippen LogP contribution is -2.14. The molecule has 0 aliphatic carbocycles. The summed E-state index contributed by atoms with van der Waals surface area (Å²) < 4.78 is 5.14. The maximum absolute atomic E-state index is 10.7. The maximum atomic E-state index is 10.7. The molecule has 1 N–H and O–H groups in total. The van der Waals surface area contributed by atoms with Crippen LogP contribution in [0.4, 0.5) is 0 Å². The van der Waals surface area contributed by atoms with E-state index in [1.54, 1.807) is 0 Å². The van der Waals surface area contributed by atoms with Crippen LogP contribution in [0.25, 0.3) is 0 Å². The SMILES string of the molecule is CCc1oc(C(=O)O)nc1C(C)(C)C. The third-order valence-corrected chi connectivity index (χ3v) is 1.91. The molecule has 0 radical (unpaired) electrons. The van der Waals surface area contributed by atoms with Gasteiger partial charge in [-0.3, -0.25) is 0 Å². The van der Waals surface area contributed by atoms with Crippen molar-refractivity contribution in [3.63, 3.8) is 0 Å². The van der Waals surface area contributed by atoms with Gasteiger partial charge < -0.3 is 9.52 Å². The van der Waals surface area contributed by atoms with Crippen LogP contribution in [0.5, 0.6) is 0 Å². The minimum atomic E-state index is -1.12. The van der Waals surface area contributed by atoms with Crippen molar-refractivity contribution >= 4 is 5.97 Å². The van der Waals surface area contributed by atoms with E-state index >= 15 is 0 Å². The number of nitrogens with zero attached hydrogens (tertiary/aromatic N) is 1. The van der Waals surface area contributed by atoms with Crippen molar-refractivity contribution in [2.45, 2.75) is 39.5 Å². The lowest BCUT2D eigenvalue weighted by molar-refractivity contribution is 0.0651. The molecule has 0 saturated carbocycles. The molecule has 0 aliphatic rings. The van der Waals surface area contributed by atoms with E-state index in [-0.39, 0.29) is 11.3 Å². The molecule has 0 unspecified atom stereocenters. The average Bonchev–Trinajstić information content (AvgIpc) is 2.46. The molecule has 0 bridgehead atoms. The van der Waals surface area contributed by atoms with Gasteiger partial charge in [0.1, 0.15) is 5.76 Å². The van der Waals surface area contributed by atoms with Crippen LogP contribution in [0, 0.1) is 0 Å². The molecular formula is C10H15NO3. The van der Waals surface area contributed by atoms with Gasteiger partial charge in [-0.05, 0) is 0 Å². The van der Waals surface area contributed by atoms with E-state index in [1.807, 2.05) is 27.7 Å². The van der Waals surface area contributed by atoms with Gasteiger partial charge in [-0.1, -0.05) is 27.7 Å². The van der Waals surface area contributed by atoms with Gasteiger partial charge in [0.05, 0.1) is 5.69 Å². The number of hydrogen-bond donors (Lipinski definition) is 1. The fraction of sp³-hybridized carbons (Fsp3) is 0.600. The van der Waals surface area contributed by atoms with Crippen LogP contribution in [0.2, 0.25) is 0 Å². The molecular weight excluding hydrogens is 182 g/mol. The van der Waals surface area contributed by atoms with Crippen molar-refractivity contribution in [2.24, 2.45) is 0 Å². The Labute approximate surface area is 83.0 Å². The topological polar surface area (TPSA) is 63.3 Å². The van der Waals surface area contributed by atoms with Crippen LogP contribution in [-0.4, -0.2) is 16.1 Å². The summed E-state index contributed by atoms with van der Waals surface area (Å²) in [6.07, 6.45) is 0.660. The smallest absolute Gasteiger partial charge is 0.392 e. The summed E-state index contributed by atoms with van der Waals surface area (Å²) in [6.45, 7) is 7.86. The molecule has 0 aromatic carbocycles. The molecule has 1 aromatic heterocycles. The normalized spacial score (nSPS) is 11.7. The molecule has 0 fully saturated rings. The summed E-state index contributed by atoms with van der Waals surface area (Å²) in [6, 6.07) is 0. The second-order valence-electron chi connectivity index (χ2n) is 4.20. The predicted molar refractivity (Wildman–Crippen MR) is 51.5 cm³/mol. The number of hydrogen-bond acceptors (Lipinski definition) is 3. The lowest BCUT2D eigenvalue weighted by Gasteiger charge is -2.15. The molecule has 0 amide bonds. The number of aryl methyl sites for hydroxylation is 1. The van der Waals surface area contributed by atoms with Crippen molar-refractivity contribution in [3.05, 3.63) is 17.3 Å². The molecule has 0 aliphatic heterocycles. The van der Waals surface area contributed by atoms with E-state index < -0.39 is 5.97 Å². The summed E-state index contributed by atoms with van der Waals surface area (Å²) >= 11 is 0. The fourth-order valence-electron chi connectivity index (χ4n) is 1.27. The molecule has 4 heteroatoms. The van der Waals surface area contributed by atoms with Crippen LogP contribution in [0.3, 0.4) is 0 Å². The van der Waals surface area contributed by atoms with Gasteiger partial charge >= 0.3 is 11.9 Å². The summed E-state index contributed by atoms with van der Waals surface area (Å²) in [7, 11) is 0. The Hall–Kier alpha value is -1.32. The summed E-state index contributed by atoms with van der Waals surface area (Å²) in [5.74, 6) is -0.670. The molecule has 14 heavy (non-hydrogen) atoms. The number of carboxylic acid groups (broad SMARTS) is 1. The van der Waals surface area contributed by atoms with Gasteiger partial charge in [0, 0.05) is 11.8 Å². The van der Waals surface area contributed by atoms with Crippen LogP contribution < -0.4 is 0 Å². The van der Waals surface area contributed by atoms with Crippen LogP contribution in [0.1, 0.15) is 49.8 Å². The highest BCUT2D eigenvalue weighted by Crippen LogP contribution is 2.26. The average molecular weight is 197 g/mol. The van der Waals surface area contributed by atoms with Crippen molar-refractivity contribution in [2.75, 3.05) is 0 Å². The van der Waals surface area contributed by atoms with Gasteiger partial charge in [0.15, 0.2) is 0 Å². The lowest BCUT2D eigenvalue weighted by atomic mass is 9.90. The van der Waals surface area contributed by atoms with Crippen molar-refractivity contribution < 1.29 is 14.3 Å². The van der Waals surface area contributed by atoms with E-state index in [1.165, 1.54) is 0 Å². The van der Waals surface area contributed by atoms with Crippen molar-refractivity contribution in [3.8, 4) is 0 Å². The quantitative estimate of drug-likeness (QED) is 0.789. The molecule has 1 heterocycles. The molecule has 0 spiro atoms. The minimum Gasteiger partial charge on any atom is -0.474 e. The van der Waals surface area contributed by atoms with E-state index in [0.717, 1.165) is 5.69 Å². The molecule has 4 nitrogen and oxygen atoms in total. The highest BCUT2D eigenvalue weighted by atomic mass is 16.4. The third kappa shape index (κ3) is 1.95. The largest absolute Gasteiger partial charge is 0.474 e. The van der Waals surface area contributed by atoms with Crippen LogP contribution >= 0.6 is 0 Å². The zero-order valence-electron chi connectivity index (χ0n) is 8.92. The first-order chi connectivity index (χ1) is 6.36. The molecule has 0 atom stereocenters. The van der Waals surface area contributed by atoms with Crippen molar-refractivity contribution in [1.82, 2.24) is 4.98 Å². The molecule has 78 valence electrons. The standard InChI is InChI=1S/C10H15NO3/c1-5-6-7(10(2,3)4)11-8(14-6)9(12)13/h5H2,1-4H3,(H,12,13). The molecule has 1 aromatic rings. The summed E-state index contributed by atoms with van der Waals surface area (Å²) in [5.41, 5.74) is 0.556. The van der Waals surface area contributed by atoms with Gasteiger partial charge in [-0.25, -0.2) is 9.78 Å². The summed E-state index contributed by atoms with van der Waals surface area (Å²) in [5, 5.41) is 8.73. The van der Waals surface area contributed by atoms with Gasteiger partial charge in [-0.15, -0.1) is 0 Å². The fourth-order valence-corrected chi connectivity index (χ4v) is 1.27. The summed E-state index contributed by atoms with van der Waals surface area (Å²) in [4.78, 5) is 14.6. The van der Waals surface area contributed by atoms with E-state index in [9.17, 15) is 4.79 Å². The number of rotatable bonds is 2. The van der Waals surface area contributed by atoms with Gasteiger partial charge in [0.25, 0.3) is 0 Å². The highest BCUT2D eigenvalue weighted by molar-refractivity contribution is 5.82. The second-order valence-corrected chi connectivity index (χ2v) is 4.20. The van der Waals surface area contributed by atoms with E-state index in [0.29, 0.717) is 12.2 Å². The van der Waals surface area contributed by atoms with Gasteiger partial charge in [0.2, 0.25) is 0 Å². The first-order valence-electron chi connectivity index (χ1n) is 4.59.